The Balaban J connectivity index is 1.58. The van der Waals surface area contributed by atoms with E-state index in [0.29, 0.717) is 26.1 Å². The van der Waals surface area contributed by atoms with Crippen molar-refractivity contribution < 1.29 is 14.3 Å². The van der Waals surface area contributed by atoms with Crippen LogP contribution in [0.3, 0.4) is 0 Å². The molecule has 1 aromatic rings. The van der Waals surface area contributed by atoms with Gasteiger partial charge in [0.2, 0.25) is 11.8 Å². The number of hydrogen-bond acceptors (Lipinski definition) is 3. The second kappa shape index (κ2) is 7.13. The SMILES string of the molecule is NC(=O)[C@@H]1CC[C@H](C(=O)N2CCOC(c3ccccc3)CC2)C1. The van der Waals surface area contributed by atoms with Gasteiger partial charge in [-0.1, -0.05) is 30.3 Å². The molecule has 0 radical (unpaired) electrons. The van der Waals surface area contributed by atoms with Gasteiger partial charge in [-0.25, -0.2) is 0 Å². The minimum atomic E-state index is -0.274. The summed E-state index contributed by atoms with van der Waals surface area (Å²) in [5, 5.41) is 0. The first-order valence-electron chi connectivity index (χ1n) is 8.40. The van der Waals surface area contributed by atoms with Gasteiger partial charge in [0.25, 0.3) is 0 Å². The van der Waals surface area contributed by atoms with E-state index in [4.69, 9.17) is 10.5 Å². The maximum atomic E-state index is 12.7. The number of carbonyl (C=O) groups is 2. The lowest BCUT2D eigenvalue weighted by molar-refractivity contribution is -0.135. The third-order valence-corrected chi connectivity index (χ3v) is 5.01. The van der Waals surface area contributed by atoms with Gasteiger partial charge in [-0.2, -0.15) is 0 Å². The molecule has 124 valence electrons. The maximum Gasteiger partial charge on any atom is 0.225 e. The molecular formula is C18H24N2O3. The highest BCUT2D eigenvalue weighted by atomic mass is 16.5. The number of benzene rings is 1. The van der Waals surface area contributed by atoms with Crippen LogP contribution in [0.15, 0.2) is 30.3 Å². The molecule has 1 unspecified atom stereocenters. The van der Waals surface area contributed by atoms with Crippen LogP contribution in [0.4, 0.5) is 0 Å². The molecule has 5 nitrogen and oxygen atoms in total. The molecule has 2 amide bonds. The smallest absolute Gasteiger partial charge is 0.225 e. The van der Waals surface area contributed by atoms with Gasteiger partial charge in [-0.05, 0) is 31.2 Å². The monoisotopic (exact) mass is 316 g/mol. The van der Waals surface area contributed by atoms with Gasteiger partial charge in [0.05, 0.1) is 12.7 Å². The topological polar surface area (TPSA) is 72.6 Å². The minimum absolute atomic E-state index is 0.0518. The number of nitrogens with zero attached hydrogens (tertiary/aromatic N) is 1. The van der Waals surface area contributed by atoms with Gasteiger partial charge in [0.15, 0.2) is 0 Å². The van der Waals surface area contributed by atoms with E-state index in [1.54, 1.807) is 0 Å². The van der Waals surface area contributed by atoms with Crippen molar-refractivity contribution >= 4 is 11.8 Å². The zero-order valence-electron chi connectivity index (χ0n) is 13.3. The van der Waals surface area contributed by atoms with Crippen LogP contribution in [-0.4, -0.2) is 36.4 Å². The molecule has 0 aromatic heterocycles. The van der Waals surface area contributed by atoms with Crippen LogP contribution >= 0.6 is 0 Å². The molecule has 1 aromatic carbocycles. The van der Waals surface area contributed by atoms with Crippen molar-refractivity contribution in [3.63, 3.8) is 0 Å². The first-order chi connectivity index (χ1) is 11.1. The number of carbonyl (C=O) groups excluding carboxylic acids is 2. The fourth-order valence-corrected chi connectivity index (χ4v) is 3.65. The van der Waals surface area contributed by atoms with Crippen LogP contribution < -0.4 is 5.73 Å². The lowest BCUT2D eigenvalue weighted by Crippen LogP contribution is -2.37. The number of primary amides is 1. The van der Waals surface area contributed by atoms with Gasteiger partial charge < -0.3 is 15.4 Å². The van der Waals surface area contributed by atoms with Gasteiger partial charge in [0.1, 0.15) is 0 Å². The summed E-state index contributed by atoms with van der Waals surface area (Å²) in [4.78, 5) is 25.9. The summed E-state index contributed by atoms with van der Waals surface area (Å²) in [6.07, 6.45) is 2.97. The average molecular weight is 316 g/mol. The third-order valence-electron chi connectivity index (χ3n) is 5.01. The van der Waals surface area contributed by atoms with Gasteiger partial charge >= 0.3 is 0 Å². The van der Waals surface area contributed by atoms with Crippen molar-refractivity contribution in [3.05, 3.63) is 35.9 Å². The molecule has 1 saturated heterocycles. The Morgan fingerprint density at radius 2 is 1.78 bits per heavy atom. The van der Waals surface area contributed by atoms with E-state index in [9.17, 15) is 9.59 Å². The van der Waals surface area contributed by atoms with Crippen LogP contribution in [0.5, 0.6) is 0 Å². The van der Waals surface area contributed by atoms with Gasteiger partial charge in [0, 0.05) is 24.9 Å². The summed E-state index contributed by atoms with van der Waals surface area (Å²) < 4.78 is 5.92. The number of hydrogen-bond donors (Lipinski definition) is 1. The molecule has 1 saturated carbocycles. The normalized spacial score (nSPS) is 28.3. The number of ether oxygens (including phenoxy) is 1. The molecule has 1 aliphatic heterocycles. The molecule has 1 aliphatic carbocycles. The standard InChI is InChI=1S/C18H24N2O3/c19-17(21)14-6-7-15(12-14)18(22)20-9-8-16(23-11-10-20)13-4-2-1-3-5-13/h1-5,14-16H,6-12H2,(H2,19,21)/t14-,15+,16?/m1/s1. The van der Waals surface area contributed by atoms with E-state index < -0.39 is 0 Å². The highest BCUT2D eigenvalue weighted by Gasteiger charge is 2.35. The van der Waals surface area contributed by atoms with Crippen LogP contribution in [0.2, 0.25) is 0 Å². The first-order valence-corrected chi connectivity index (χ1v) is 8.40. The van der Waals surface area contributed by atoms with E-state index in [-0.39, 0.29) is 29.8 Å². The fraction of sp³-hybridized carbons (Fsp3) is 0.556. The van der Waals surface area contributed by atoms with Crippen molar-refractivity contribution in [1.82, 2.24) is 4.90 Å². The summed E-state index contributed by atoms with van der Waals surface area (Å²) in [6, 6.07) is 10.1. The zero-order chi connectivity index (χ0) is 16.2. The molecule has 3 rings (SSSR count). The van der Waals surface area contributed by atoms with Gasteiger partial charge in [-0.3, -0.25) is 9.59 Å². The van der Waals surface area contributed by atoms with Crippen molar-refractivity contribution in [2.75, 3.05) is 19.7 Å². The largest absolute Gasteiger partial charge is 0.372 e. The molecule has 3 atom stereocenters. The molecule has 23 heavy (non-hydrogen) atoms. The van der Waals surface area contributed by atoms with Crippen LogP contribution in [0, 0.1) is 11.8 Å². The molecule has 0 bridgehead atoms. The van der Waals surface area contributed by atoms with Crippen molar-refractivity contribution in [1.29, 1.82) is 0 Å². The van der Waals surface area contributed by atoms with E-state index >= 15 is 0 Å². The molecule has 2 aliphatic rings. The van der Waals surface area contributed by atoms with E-state index in [1.807, 2.05) is 23.1 Å². The number of rotatable bonds is 3. The number of amides is 2. The average Bonchev–Trinajstić information content (AvgIpc) is 2.94. The Kier molecular flexibility index (Phi) is 4.96. The molecule has 0 spiro atoms. The van der Waals surface area contributed by atoms with Crippen LogP contribution in [0.1, 0.15) is 37.4 Å². The Morgan fingerprint density at radius 3 is 2.48 bits per heavy atom. The highest BCUT2D eigenvalue weighted by molar-refractivity contribution is 5.82. The van der Waals surface area contributed by atoms with Crippen molar-refractivity contribution in [2.45, 2.75) is 31.8 Å². The second-order valence-electron chi connectivity index (χ2n) is 6.49. The highest BCUT2D eigenvalue weighted by Crippen LogP contribution is 2.33. The molecule has 2 N–H and O–H groups in total. The summed E-state index contributed by atoms with van der Waals surface area (Å²) in [5.41, 5.74) is 6.53. The van der Waals surface area contributed by atoms with Crippen molar-refractivity contribution in [3.8, 4) is 0 Å². The van der Waals surface area contributed by atoms with E-state index in [0.717, 1.165) is 24.8 Å². The summed E-state index contributed by atoms with van der Waals surface area (Å²) in [5.74, 6) is -0.306. The Hall–Kier alpha value is -1.88. The lowest BCUT2D eigenvalue weighted by atomic mass is 10.0. The summed E-state index contributed by atoms with van der Waals surface area (Å²) in [6.45, 7) is 1.88. The summed E-state index contributed by atoms with van der Waals surface area (Å²) in [7, 11) is 0. The third kappa shape index (κ3) is 3.72. The predicted octanol–water partition coefficient (Wildman–Crippen LogP) is 1.88. The Morgan fingerprint density at radius 1 is 1.04 bits per heavy atom. The lowest BCUT2D eigenvalue weighted by Gasteiger charge is -2.23. The van der Waals surface area contributed by atoms with E-state index in [2.05, 4.69) is 12.1 Å². The molecule has 2 fully saturated rings. The molecule has 5 heteroatoms. The van der Waals surface area contributed by atoms with Crippen LogP contribution in [-0.2, 0) is 14.3 Å². The Bertz CT molecular complexity index is 561. The van der Waals surface area contributed by atoms with E-state index in [1.165, 1.54) is 0 Å². The van der Waals surface area contributed by atoms with Crippen molar-refractivity contribution in [2.24, 2.45) is 17.6 Å². The maximum absolute atomic E-state index is 12.7. The molecule has 1 heterocycles. The fourth-order valence-electron chi connectivity index (χ4n) is 3.65. The predicted molar refractivity (Wildman–Crippen MR) is 86.4 cm³/mol. The Labute approximate surface area is 136 Å². The quantitative estimate of drug-likeness (QED) is 0.925. The molecular weight excluding hydrogens is 292 g/mol. The minimum Gasteiger partial charge on any atom is -0.372 e. The van der Waals surface area contributed by atoms with Gasteiger partial charge in [-0.15, -0.1) is 0 Å². The zero-order valence-corrected chi connectivity index (χ0v) is 13.3. The summed E-state index contributed by atoms with van der Waals surface area (Å²) >= 11 is 0. The second-order valence-corrected chi connectivity index (χ2v) is 6.49. The van der Waals surface area contributed by atoms with Crippen LogP contribution in [0.25, 0.3) is 0 Å². The first kappa shape index (κ1) is 16.0. The number of nitrogens with two attached hydrogens (primary N) is 1.